The van der Waals surface area contributed by atoms with E-state index in [1.807, 2.05) is 54.6 Å². The van der Waals surface area contributed by atoms with Gasteiger partial charge < -0.3 is 0 Å². The molecule has 0 radical (unpaired) electrons. The summed E-state index contributed by atoms with van der Waals surface area (Å²) in [5.74, 6) is 0.0334. The van der Waals surface area contributed by atoms with Crippen LogP contribution in [-0.2, 0) is 0 Å². The van der Waals surface area contributed by atoms with Crippen LogP contribution in [0.25, 0.3) is 10.9 Å². The molecule has 3 rings (SSSR count). The van der Waals surface area contributed by atoms with Gasteiger partial charge in [0.2, 0.25) is 0 Å². The summed E-state index contributed by atoms with van der Waals surface area (Å²) in [4.78, 5) is 16.7. The fraction of sp³-hybridized carbons (Fsp3) is 0. The Kier molecular flexibility index (Phi) is 3.29. The van der Waals surface area contributed by atoms with Gasteiger partial charge in [-0.05, 0) is 46.9 Å². The molecule has 0 saturated carbocycles. The molecule has 0 aliphatic rings. The zero-order chi connectivity index (χ0) is 13.2. The van der Waals surface area contributed by atoms with Gasteiger partial charge in [0, 0.05) is 26.3 Å². The number of hydrogen-bond donors (Lipinski definition) is 0. The normalized spacial score (nSPS) is 10.6. The Bertz CT molecular complexity index is 767. The molecular formula is C16H10INO. The molecule has 0 bridgehead atoms. The van der Waals surface area contributed by atoms with E-state index in [0.29, 0.717) is 11.1 Å². The van der Waals surface area contributed by atoms with Crippen molar-refractivity contribution in [1.82, 2.24) is 4.98 Å². The van der Waals surface area contributed by atoms with E-state index in [1.165, 1.54) is 0 Å². The SMILES string of the molecule is O=C(c1cccc(I)c1)c1ccc2cccnc2c1. The van der Waals surface area contributed by atoms with E-state index in [-0.39, 0.29) is 5.78 Å². The van der Waals surface area contributed by atoms with Gasteiger partial charge in [-0.1, -0.05) is 30.3 Å². The van der Waals surface area contributed by atoms with Gasteiger partial charge in [-0.25, -0.2) is 0 Å². The smallest absolute Gasteiger partial charge is 0.193 e. The van der Waals surface area contributed by atoms with E-state index in [9.17, 15) is 4.79 Å². The van der Waals surface area contributed by atoms with Crippen LogP contribution in [0.15, 0.2) is 60.8 Å². The van der Waals surface area contributed by atoms with Gasteiger partial charge >= 0.3 is 0 Å². The molecule has 0 atom stereocenters. The summed E-state index contributed by atoms with van der Waals surface area (Å²) < 4.78 is 1.06. The second-order valence-corrected chi connectivity index (χ2v) is 5.50. The maximum atomic E-state index is 12.4. The summed E-state index contributed by atoms with van der Waals surface area (Å²) in [5.41, 5.74) is 2.23. The number of pyridine rings is 1. The molecule has 0 saturated heterocycles. The summed E-state index contributed by atoms with van der Waals surface area (Å²) in [6, 6.07) is 17.1. The van der Waals surface area contributed by atoms with Crippen LogP contribution in [0.2, 0.25) is 0 Å². The van der Waals surface area contributed by atoms with Crippen LogP contribution in [0.5, 0.6) is 0 Å². The van der Waals surface area contributed by atoms with E-state index >= 15 is 0 Å². The maximum absolute atomic E-state index is 12.4. The van der Waals surface area contributed by atoms with E-state index in [0.717, 1.165) is 14.5 Å². The predicted octanol–water partition coefficient (Wildman–Crippen LogP) is 4.07. The minimum Gasteiger partial charge on any atom is -0.289 e. The number of carbonyl (C=O) groups is 1. The average molecular weight is 359 g/mol. The Labute approximate surface area is 124 Å². The molecule has 3 heteroatoms. The Morgan fingerprint density at radius 3 is 2.63 bits per heavy atom. The van der Waals surface area contributed by atoms with Gasteiger partial charge in [0.1, 0.15) is 0 Å². The highest BCUT2D eigenvalue weighted by Gasteiger charge is 2.10. The number of carbonyl (C=O) groups excluding carboxylic acids is 1. The molecule has 1 heterocycles. The van der Waals surface area contributed by atoms with Crippen molar-refractivity contribution in [3.8, 4) is 0 Å². The van der Waals surface area contributed by atoms with Crippen LogP contribution >= 0.6 is 22.6 Å². The minimum atomic E-state index is 0.0334. The van der Waals surface area contributed by atoms with Gasteiger partial charge in [-0.3, -0.25) is 9.78 Å². The minimum absolute atomic E-state index is 0.0334. The number of benzene rings is 2. The van der Waals surface area contributed by atoms with Crippen molar-refractivity contribution in [2.45, 2.75) is 0 Å². The highest BCUT2D eigenvalue weighted by molar-refractivity contribution is 14.1. The van der Waals surface area contributed by atoms with Gasteiger partial charge in [0.05, 0.1) is 5.52 Å². The molecule has 92 valence electrons. The Balaban J connectivity index is 2.06. The van der Waals surface area contributed by atoms with Crippen molar-refractivity contribution < 1.29 is 4.79 Å². The van der Waals surface area contributed by atoms with Gasteiger partial charge in [-0.15, -0.1) is 0 Å². The molecular weight excluding hydrogens is 349 g/mol. The molecule has 0 amide bonds. The van der Waals surface area contributed by atoms with E-state index in [2.05, 4.69) is 27.6 Å². The van der Waals surface area contributed by atoms with E-state index in [4.69, 9.17) is 0 Å². The number of ketones is 1. The standard InChI is InChI=1S/C16H10INO/c17-14-5-1-3-12(9-14)16(19)13-7-6-11-4-2-8-18-15(11)10-13/h1-10H. The van der Waals surface area contributed by atoms with Crippen molar-refractivity contribution in [3.63, 3.8) is 0 Å². The Morgan fingerprint density at radius 2 is 1.79 bits per heavy atom. The first kappa shape index (κ1) is 12.3. The van der Waals surface area contributed by atoms with E-state index in [1.54, 1.807) is 6.20 Å². The lowest BCUT2D eigenvalue weighted by molar-refractivity contribution is 0.103. The highest BCUT2D eigenvalue weighted by Crippen LogP contribution is 2.17. The zero-order valence-corrected chi connectivity index (χ0v) is 12.2. The number of aromatic nitrogens is 1. The average Bonchev–Trinajstić information content (AvgIpc) is 2.46. The number of hydrogen-bond acceptors (Lipinski definition) is 2. The lowest BCUT2D eigenvalue weighted by Crippen LogP contribution is -2.01. The summed E-state index contributed by atoms with van der Waals surface area (Å²) in [5, 5.41) is 1.04. The van der Waals surface area contributed by atoms with Crippen LogP contribution in [0, 0.1) is 3.57 Å². The first-order chi connectivity index (χ1) is 9.24. The molecule has 19 heavy (non-hydrogen) atoms. The third-order valence-electron chi connectivity index (χ3n) is 2.95. The molecule has 0 spiro atoms. The molecule has 0 unspecified atom stereocenters. The summed E-state index contributed by atoms with van der Waals surface area (Å²) >= 11 is 2.21. The lowest BCUT2D eigenvalue weighted by atomic mass is 10.0. The van der Waals surface area contributed by atoms with E-state index < -0.39 is 0 Å². The van der Waals surface area contributed by atoms with Crippen molar-refractivity contribution in [2.75, 3.05) is 0 Å². The second-order valence-electron chi connectivity index (χ2n) is 4.25. The molecule has 2 aromatic carbocycles. The lowest BCUT2D eigenvalue weighted by Gasteiger charge is -2.03. The predicted molar refractivity (Wildman–Crippen MR) is 84.3 cm³/mol. The molecule has 2 nitrogen and oxygen atoms in total. The zero-order valence-electron chi connectivity index (χ0n) is 10.0. The van der Waals surface area contributed by atoms with Crippen molar-refractivity contribution in [3.05, 3.63) is 75.5 Å². The molecule has 0 fully saturated rings. The Hall–Kier alpha value is -1.75. The highest BCUT2D eigenvalue weighted by atomic mass is 127. The number of rotatable bonds is 2. The number of halogens is 1. The quantitative estimate of drug-likeness (QED) is 0.510. The molecule has 0 aliphatic carbocycles. The Morgan fingerprint density at radius 1 is 0.947 bits per heavy atom. The molecule has 0 N–H and O–H groups in total. The third kappa shape index (κ3) is 2.51. The monoisotopic (exact) mass is 359 g/mol. The van der Waals surface area contributed by atoms with Crippen LogP contribution in [-0.4, -0.2) is 10.8 Å². The fourth-order valence-electron chi connectivity index (χ4n) is 2.00. The van der Waals surface area contributed by atoms with Gasteiger partial charge in [-0.2, -0.15) is 0 Å². The van der Waals surface area contributed by atoms with Crippen LogP contribution in [0.1, 0.15) is 15.9 Å². The van der Waals surface area contributed by atoms with Crippen LogP contribution < -0.4 is 0 Å². The first-order valence-electron chi connectivity index (χ1n) is 5.89. The summed E-state index contributed by atoms with van der Waals surface area (Å²) in [7, 11) is 0. The third-order valence-corrected chi connectivity index (χ3v) is 3.63. The summed E-state index contributed by atoms with van der Waals surface area (Å²) in [6.45, 7) is 0. The van der Waals surface area contributed by atoms with Crippen molar-refractivity contribution in [2.24, 2.45) is 0 Å². The number of nitrogens with zero attached hydrogens (tertiary/aromatic N) is 1. The van der Waals surface area contributed by atoms with Gasteiger partial charge in [0.15, 0.2) is 5.78 Å². The van der Waals surface area contributed by atoms with Crippen LogP contribution in [0.4, 0.5) is 0 Å². The first-order valence-corrected chi connectivity index (χ1v) is 6.97. The van der Waals surface area contributed by atoms with Crippen molar-refractivity contribution >= 4 is 39.3 Å². The van der Waals surface area contributed by atoms with Gasteiger partial charge in [0.25, 0.3) is 0 Å². The maximum Gasteiger partial charge on any atom is 0.193 e. The van der Waals surface area contributed by atoms with Crippen molar-refractivity contribution in [1.29, 1.82) is 0 Å². The molecule has 0 aliphatic heterocycles. The topological polar surface area (TPSA) is 30.0 Å². The fourth-order valence-corrected chi connectivity index (χ4v) is 2.55. The second kappa shape index (κ2) is 5.09. The van der Waals surface area contributed by atoms with Crippen LogP contribution in [0.3, 0.4) is 0 Å². The molecule has 1 aromatic heterocycles. The molecule has 3 aromatic rings. The summed E-state index contributed by atoms with van der Waals surface area (Å²) in [6.07, 6.45) is 1.74. The number of fused-ring (bicyclic) bond motifs is 1. The largest absolute Gasteiger partial charge is 0.289 e.